The number of aromatic nitrogens is 1. The van der Waals surface area contributed by atoms with Crippen LogP contribution in [0.25, 0.3) is 0 Å². The highest BCUT2D eigenvalue weighted by molar-refractivity contribution is 5.89. The molecule has 7 heteroatoms. The van der Waals surface area contributed by atoms with E-state index >= 15 is 0 Å². The molecule has 1 aromatic heterocycles. The van der Waals surface area contributed by atoms with Crippen LogP contribution in [0.15, 0.2) is 36.5 Å². The van der Waals surface area contributed by atoms with E-state index in [1.165, 1.54) is 6.07 Å². The van der Waals surface area contributed by atoms with Crippen molar-refractivity contribution in [2.75, 3.05) is 29.4 Å². The van der Waals surface area contributed by atoms with Gasteiger partial charge in [-0.2, -0.15) is 0 Å². The number of amides is 1. The first-order valence-corrected chi connectivity index (χ1v) is 10.2. The van der Waals surface area contributed by atoms with Crippen molar-refractivity contribution in [1.29, 1.82) is 0 Å². The van der Waals surface area contributed by atoms with Crippen molar-refractivity contribution >= 4 is 17.6 Å². The number of aryl methyl sites for hydroxylation is 1. The zero-order chi connectivity index (χ0) is 20.0. The number of pyridine rings is 1. The molecule has 1 atom stereocenters. The molecule has 2 saturated heterocycles. The number of anilines is 2. The van der Waals surface area contributed by atoms with Crippen LogP contribution in [0.4, 0.5) is 20.7 Å². The van der Waals surface area contributed by atoms with E-state index < -0.39 is 0 Å². The van der Waals surface area contributed by atoms with Gasteiger partial charge in [0.2, 0.25) is 0 Å². The van der Waals surface area contributed by atoms with E-state index in [4.69, 9.17) is 9.47 Å². The zero-order valence-electron chi connectivity index (χ0n) is 16.4. The number of cyclic esters (lactones) is 1. The van der Waals surface area contributed by atoms with Gasteiger partial charge in [-0.25, -0.2) is 14.2 Å². The summed E-state index contributed by atoms with van der Waals surface area (Å²) >= 11 is 0. The molecular formula is C22H24FN3O3. The van der Waals surface area contributed by atoms with E-state index in [1.54, 1.807) is 17.2 Å². The Morgan fingerprint density at radius 2 is 2.00 bits per heavy atom. The minimum Gasteiger partial charge on any atom is -0.484 e. The van der Waals surface area contributed by atoms with E-state index in [0.29, 0.717) is 12.3 Å². The van der Waals surface area contributed by atoms with E-state index in [2.05, 4.69) is 9.88 Å². The second kappa shape index (κ2) is 6.90. The molecule has 152 valence electrons. The highest BCUT2D eigenvalue weighted by atomic mass is 19.1. The van der Waals surface area contributed by atoms with Gasteiger partial charge in [0.05, 0.1) is 18.4 Å². The van der Waals surface area contributed by atoms with Crippen molar-refractivity contribution in [2.24, 2.45) is 0 Å². The largest absolute Gasteiger partial charge is 0.484 e. The molecule has 0 aliphatic carbocycles. The minimum absolute atomic E-state index is 0.106. The number of ether oxygens (including phenoxy) is 2. The lowest BCUT2D eigenvalue weighted by Gasteiger charge is -2.45. The van der Waals surface area contributed by atoms with Crippen LogP contribution in [0.3, 0.4) is 0 Å². The van der Waals surface area contributed by atoms with Crippen LogP contribution < -0.4 is 14.5 Å². The fourth-order valence-electron chi connectivity index (χ4n) is 4.53. The number of para-hydroxylation sites is 1. The van der Waals surface area contributed by atoms with Crippen molar-refractivity contribution in [2.45, 2.75) is 44.3 Å². The first kappa shape index (κ1) is 18.2. The average molecular weight is 397 g/mol. The number of carbonyl (C=O) groups excluding carboxylic acids is 1. The number of carbonyl (C=O) groups is 1. The van der Waals surface area contributed by atoms with Crippen LogP contribution in [0.1, 0.15) is 31.7 Å². The summed E-state index contributed by atoms with van der Waals surface area (Å²) in [6, 6.07) is 9.02. The third-order valence-corrected chi connectivity index (χ3v) is 6.22. The standard InChI is InChI=1S/C22H24FN3O3/c1-15-14-26(21(27)28-15)17-5-6-19(24-13-17)25-11-9-22(10-12-25)8-7-16-3-2-4-18(23)20(16)29-22/h2-6,13,15H,7-12,14H2,1H3/t15-/m1/s1. The summed E-state index contributed by atoms with van der Waals surface area (Å²) in [4.78, 5) is 20.3. The Kier molecular flexibility index (Phi) is 4.33. The second-order valence-electron chi connectivity index (χ2n) is 8.18. The fourth-order valence-corrected chi connectivity index (χ4v) is 4.53. The number of nitrogens with zero attached hydrogens (tertiary/aromatic N) is 3. The second-order valence-corrected chi connectivity index (χ2v) is 8.18. The van der Waals surface area contributed by atoms with Crippen LogP contribution in [0.5, 0.6) is 5.75 Å². The van der Waals surface area contributed by atoms with Gasteiger partial charge in [-0.3, -0.25) is 4.90 Å². The molecule has 0 unspecified atom stereocenters. The quantitative estimate of drug-likeness (QED) is 0.769. The van der Waals surface area contributed by atoms with Gasteiger partial charge >= 0.3 is 6.09 Å². The lowest BCUT2D eigenvalue weighted by Crippen LogP contribution is -2.50. The summed E-state index contributed by atoms with van der Waals surface area (Å²) in [5.74, 6) is 1.05. The van der Waals surface area contributed by atoms with Crippen LogP contribution >= 0.6 is 0 Å². The number of hydrogen-bond acceptors (Lipinski definition) is 5. The van der Waals surface area contributed by atoms with Crippen molar-refractivity contribution in [3.63, 3.8) is 0 Å². The molecule has 3 aliphatic rings. The van der Waals surface area contributed by atoms with Gasteiger partial charge < -0.3 is 14.4 Å². The molecule has 0 bridgehead atoms. The smallest absolute Gasteiger partial charge is 0.414 e. The number of fused-ring (bicyclic) bond motifs is 1. The molecule has 1 aromatic carbocycles. The van der Waals surface area contributed by atoms with Crippen molar-refractivity contribution in [1.82, 2.24) is 4.98 Å². The third kappa shape index (κ3) is 3.28. The Bertz CT molecular complexity index is 925. The molecule has 1 spiro atoms. The van der Waals surface area contributed by atoms with Gasteiger partial charge in [-0.15, -0.1) is 0 Å². The molecule has 4 heterocycles. The molecule has 0 N–H and O–H groups in total. The van der Waals surface area contributed by atoms with Gasteiger partial charge in [-0.05, 0) is 43.5 Å². The van der Waals surface area contributed by atoms with E-state index in [1.807, 2.05) is 25.1 Å². The van der Waals surface area contributed by atoms with Crippen molar-refractivity contribution < 1.29 is 18.7 Å². The average Bonchev–Trinajstić information content (AvgIpc) is 3.08. The number of rotatable bonds is 2. The van der Waals surface area contributed by atoms with E-state index in [-0.39, 0.29) is 23.6 Å². The van der Waals surface area contributed by atoms with Gasteiger partial charge in [-0.1, -0.05) is 12.1 Å². The molecule has 2 aromatic rings. The Morgan fingerprint density at radius 1 is 1.17 bits per heavy atom. The first-order chi connectivity index (χ1) is 14.0. The van der Waals surface area contributed by atoms with Crippen LogP contribution in [0.2, 0.25) is 0 Å². The summed E-state index contributed by atoms with van der Waals surface area (Å²) < 4.78 is 25.6. The monoisotopic (exact) mass is 397 g/mol. The van der Waals surface area contributed by atoms with Gasteiger partial charge in [0.25, 0.3) is 0 Å². The molecule has 3 aliphatic heterocycles. The van der Waals surface area contributed by atoms with Gasteiger partial charge in [0.1, 0.15) is 17.5 Å². The summed E-state index contributed by atoms with van der Waals surface area (Å²) in [5, 5.41) is 0. The number of halogens is 1. The Hall–Kier alpha value is -2.83. The molecule has 0 saturated carbocycles. The first-order valence-electron chi connectivity index (χ1n) is 10.2. The fraction of sp³-hybridized carbons (Fsp3) is 0.455. The molecule has 2 fully saturated rings. The van der Waals surface area contributed by atoms with Gasteiger partial charge in [0, 0.05) is 25.9 Å². The molecule has 5 rings (SSSR count). The lowest BCUT2D eigenvalue weighted by molar-refractivity contribution is 0.0184. The summed E-state index contributed by atoms with van der Waals surface area (Å²) in [6.07, 6.45) is 4.73. The summed E-state index contributed by atoms with van der Waals surface area (Å²) in [5.41, 5.74) is 1.42. The molecule has 0 radical (unpaired) electrons. The maximum absolute atomic E-state index is 14.2. The van der Waals surface area contributed by atoms with Crippen molar-refractivity contribution in [3.8, 4) is 5.75 Å². The van der Waals surface area contributed by atoms with E-state index in [9.17, 15) is 9.18 Å². The predicted molar refractivity (Wildman–Crippen MR) is 107 cm³/mol. The summed E-state index contributed by atoms with van der Waals surface area (Å²) in [7, 11) is 0. The number of hydrogen-bond donors (Lipinski definition) is 0. The van der Waals surface area contributed by atoms with Crippen LogP contribution in [-0.4, -0.2) is 42.4 Å². The number of piperidine rings is 1. The molecule has 1 amide bonds. The zero-order valence-corrected chi connectivity index (χ0v) is 16.4. The Morgan fingerprint density at radius 3 is 2.69 bits per heavy atom. The lowest BCUT2D eigenvalue weighted by atomic mass is 9.83. The van der Waals surface area contributed by atoms with Crippen LogP contribution in [-0.2, 0) is 11.2 Å². The molecule has 29 heavy (non-hydrogen) atoms. The highest BCUT2D eigenvalue weighted by Crippen LogP contribution is 2.41. The number of benzene rings is 1. The molecule has 6 nitrogen and oxygen atoms in total. The molecular weight excluding hydrogens is 373 g/mol. The SMILES string of the molecule is C[C@@H]1CN(c2ccc(N3CCC4(CCc5cccc(F)c5O4)CC3)nc2)C(=O)O1. The predicted octanol–water partition coefficient (Wildman–Crippen LogP) is 3.93. The highest BCUT2D eigenvalue weighted by Gasteiger charge is 2.40. The van der Waals surface area contributed by atoms with Crippen molar-refractivity contribution in [3.05, 3.63) is 47.9 Å². The summed E-state index contributed by atoms with van der Waals surface area (Å²) in [6.45, 7) is 4.03. The topological polar surface area (TPSA) is 54.9 Å². The van der Waals surface area contributed by atoms with Gasteiger partial charge in [0.15, 0.2) is 11.6 Å². The normalized spacial score (nSPS) is 23.0. The Labute approximate surface area is 169 Å². The Balaban J connectivity index is 1.25. The van der Waals surface area contributed by atoms with E-state index in [0.717, 1.165) is 55.8 Å². The maximum atomic E-state index is 14.2. The third-order valence-electron chi connectivity index (χ3n) is 6.22. The van der Waals surface area contributed by atoms with Crippen LogP contribution in [0, 0.1) is 5.82 Å². The maximum Gasteiger partial charge on any atom is 0.414 e. The minimum atomic E-state index is -0.325.